The summed E-state index contributed by atoms with van der Waals surface area (Å²) in [7, 11) is 0. The third kappa shape index (κ3) is 4.38. The van der Waals surface area contributed by atoms with Crippen LogP contribution in [0.25, 0.3) is 0 Å². The largest absolute Gasteiger partial charge is 0.394 e. The summed E-state index contributed by atoms with van der Waals surface area (Å²) < 4.78 is 5.55. The summed E-state index contributed by atoms with van der Waals surface area (Å²) in [6.45, 7) is 7.50. The van der Waals surface area contributed by atoms with Gasteiger partial charge in [0.05, 0.1) is 19.3 Å². The van der Waals surface area contributed by atoms with Crippen LogP contribution in [0.5, 0.6) is 0 Å². The molecular weight excluding hydrogens is 240 g/mol. The summed E-state index contributed by atoms with van der Waals surface area (Å²) in [5.41, 5.74) is 0. The van der Waals surface area contributed by atoms with Gasteiger partial charge in [0.2, 0.25) is 0 Å². The molecule has 0 amide bonds. The minimum atomic E-state index is 0. The van der Waals surface area contributed by atoms with E-state index in [4.69, 9.17) is 9.84 Å². The highest BCUT2D eigenvalue weighted by atomic mass is 35.5. The van der Waals surface area contributed by atoms with Gasteiger partial charge in [-0.05, 0) is 38.8 Å². The second kappa shape index (κ2) is 7.54. The van der Waals surface area contributed by atoms with E-state index < -0.39 is 0 Å². The number of hydrogen-bond acceptors (Lipinski definition) is 4. The van der Waals surface area contributed by atoms with Crippen molar-refractivity contribution in [3.63, 3.8) is 0 Å². The van der Waals surface area contributed by atoms with Gasteiger partial charge in [-0.1, -0.05) is 0 Å². The van der Waals surface area contributed by atoms with Gasteiger partial charge in [0.25, 0.3) is 0 Å². The second-order valence-electron chi connectivity index (χ2n) is 5.13. The molecule has 17 heavy (non-hydrogen) atoms. The Morgan fingerprint density at radius 2 is 2.06 bits per heavy atom. The molecule has 4 nitrogen and oxygen atoms in total. The molecule has 2 unspecified atom stereocenters. The number of piperidine rings is 1. The van der Waals surface area contributed by atoms with E-state index in [1.165, 1.54) is 19.4 Å². The van der Waals surface area contributed by atoms with Crippen molar-refractivity contribution in [1.29, 1.82) is 0 Å². The molecule has 2 rings (SSSR count). The lowest BCUT2D eigenvalue weighted by Gasteiger charge is -2.40. The first-order valence-corrected chi connectivity index (χ1v) is 6.47. The summed E-state index contributed by atoms with van der Waals surface area (Å²) in [5.74, 6) is 0.821. The monoisotopic (exact) mass is 264 g/mol. The van der Waals surface area contributed by atoms with E-state index in [0.717, 1.165) is 32.2 Å². The number of nitrogens with zero attached hydrogens (tertiary/aromatic N) is 1. The lowest BCUT2D eigenvalue weighted by molar-refractivity contribution is -0.0822. The van der Waals surface area contributed by atoms with Crippen molar-refractivity contribution >= 4 is 12.4 Å². The van der Waals surface area contributed by atoms with Crippen LogP contribution in [0.3, 0.4) is 0 Å². The summed E-state index contributed by atoms with van der Waals surface area (Å²) in [5, 5.41) is 12.5. The molecule has 2 aliphatic heterocycles. The van der Waals surface area contributed by atoms with Crippen molar-refractivity contribution in [3.8, 4) is 0 Å². The van der Waals surface area contributed by atoms with Gasteiger partial charge in [-0.25, -0.2) is 0 Å². The minimum Gasteiger partial charge on any atom is -0.394 e. The summed E-state index contributed by atoms with van der Waals surface area (Å²) in [4.78, 5) is 2.49. The fourth-order valence-corrected chi connectivity index (χ4v) is 2.64. The van der Waals surface area contributed by atoms with Crippen LogP contribution in [0, 0.1) is 5.92 Å². The average molecular weight is 265 g/mol. The van der Waals surface area contributed by atoms with Crippen molar-refractivity contribution in [3.05, 3.63) is 0 Å². The Morgan fingerprint density at radius 3 is 2.71 bits per heavy atom. The van der Waals surface area contributed by atoms with Gasteiger partial charge in [-0.3, -0.25) is 4.90 Å². The van der Waals surface area contributed by atoms with Crippen LogP contribution < -0.4 is 5.32 Å². The van der Waals surface area contributed by atoms with Crippen LogP contribution >= 0.6 is 12.4 Å². The predicted molar refractivity (Wildman–Crippen MR) is 70.7 cm³/mol. The first-order valence-electron chi connectivity index (χ1n) is 6.47. The number of aliphatic hydroxyl groups excluding tert-OH is 1. The normalized spacial score (nSPS) is 32.1. The molecule has 2 atom stereocenters. The highest BCUT2D eigenvalue weighted by Crippen LogP contribution is 2.18. The average Bonchev–Trinajstić information content (AvgIpc) is 2.33. The Kier molecular flexibility index (Phi) is 6.74. The van der Waals surface area contributed by atoms with Crippen LogP contribution in [0.4, 0.5) is 0 Å². The Hall–Kier alpha value is 0.130. The van der Waals surface area contributed by atoms with Gasteiger partial charge in [-0.2, -0.15) is 0 Å². The smallest absolute Gasteiger partial charge is 0.0933 e. The molecule has 0 saturated carbocycles. The molecule has 102 valence electrons. The molecule has 0 aromatic carbocycles. The quantitative estimate of drug-likeness (QED) is 0.779. The molecule has 0 aromatic rings. The summed E-state index contributed by atoms with van der Waals surface area (Å²) >= 11 is 0. The van der Waals surface area contributed by atoms with Gasteiger partial charge in [0.15, 0.2) is 0 Å². The van der Waals surface area contributed by atoms with Crippen LogP contribution in [-0.2, 0) is 4.74 Å². The van der Waals surface area contributed by atoms with E-state index in [1.54, 1.807) is 0 Å². The second-order valence-corrected chi connectivity index (χ2v) is 5.13. The number of morpholine rings is 1. The van der Waals surface area contributed by atoms with E-state index in [9.17, 15) is 0 Å². The molecule has 0 aliphatic carbocycles. The highest BCUT2D eigenvalue weighted by Gasteiger charge is 2.27. The lowest BCUT2D eigenvalue weighted by atomic mass is 9.96. The summed E-state index contributed by atoms with van der Waals surface area (Å²) in [6.07, 6.45) is 2.60. The first-order chi connectivity index (χ1) is 7.79. The maximum absolute atomic E-state index is 9.14. The van der Waals surface area contributed by atoms with Crippen molar-refractivity contribution < 1.29 is 9.84 Å². The van der Waals surface area contributed by atoms with Crippen molar-refractivity contribution in [2.45, 2.75) is 31.9 Å². The van der Waals surface area contributed by atoms with E-state index in [0.29, 0.717) is 6.04 Å². The molecule has 2 fully saturated rings. The Morgan fingerprint density at radius 1 is 1.35 bits per heavy atom. The van der Waals surface area contributed by atoms with Gasteiger partial charge in [-0.15, -0.1) is 12.4 Å². The Labute approximate surface area is 110 Å². The van der Waals surface area contributed by atoms with E-state index in [-0.39, 0.29) is 25.1 Å². The van der Waals surface area contributed by atoms with Gasteiger partial charge >= 0.3 is 0 Å². The van der Waals surface area contributed by atoms with Crippen molar-refractivity contribution in [2.75, 3.05) is 39.4 Å². The van der Waals surface area contributed by atoms with E-state index in [1.807, 2.05) is 0 Å². The number of rotatable bonds is 3. The standard InChI is InChI=1S/C12H24N2O2.ClH/c1-10-9-16-12(8-15)7-14(10)6-11-2-4-13-5-3-11;/h10-13,15H,2-9H2,1H3;1H. The number of hydrogen-bond donors (Lipinski definition) is 2. The zero-order valence-electron chi connectivity index (χ0n) is 10.6. The zero-order chi connectivity index (χ0) is 11.4. The van der Waals surface area contributed by atoms with E-state index in [2.05, 4.69) is 17.1 Å². The van der Waals surface area contributed by atoms with Gasteiger partial charge in [0, 0.05) is 19.1 Å². The molecule has 2 aliphatic rings. The molecular formula is C12H25ClN2O2. The van der Waals surface area contributed by atoms with Crippen molar-refractivity contribution in [2.24, 2.45) is 5.92 Å². The first kappa shape index (κ1) is 15.2. The van der Waals surface area contributed by atoms with Crippen molar-refractivity contribution in [1.82, 2.24) is 10.2 Å². The molecule has 2 N–H and O–H groups in total. The topological polar surface area (TPSA) is 44.7 Å². The van der Waals surface area contributed by atoms with Crippen LogP contribution in [0.15, 0.2) is 0 Å². The third-order valence-electron chi connectivity index (χ3n) is 3.79. The number of aliphatic hydroxyl groups is 1. The fourth-order valence-electron chi connectivity index (χ4n) is 2.64. The fraction of sp³-hybridized carbons (Fsp3) is 1.00. The SMILES string of the molecule is CC1COC(CO)CN1CC1CCNCC1.Cl. The molecule has 5 heteroatoms. The lowest BCUT2D eigenvalue weighted by Crippen LogP contribution is -2.51. The number of ether oxygens (including phenoxy) is 1. The Balaban J connectivity index is 0.00000144. The molecule has 0 spiro atoms. The Bertz CT molecular complexity index is 213. The van der Waals surface area contributed by atoms with Crippen LogP contribution in [0.1, 0.15) is 19.8 Å². The van der Waals surface area contributed by atoms with Gasteiger partial charge in [0.1, 0.15) is 0 Å². The minimum absolute atomic E-state index is 0. The van der Waals surface area contributed by atoms with Crippen LogP contribution in [0.2, 0.25) is 0 Å². The van der Waals surface area contributed by atoms with E-state index >= 15 is 0 Å². The molecule has 2 saturated heterocycles. The summed E-state index contributed by atoms with van der Waals surface area (Å²) in [6, 6.07) is 0.498. The number of nitrogens with one attached hydrogen (secondary N) is 1. The third-order valence-corrected chi connectivity index (χ3v) is 3.79. The predicted octanol–water partition coefficient (Wildman–Crippen LogP) is 0.489. The maximum atomic E-state index is 9.14. The maximum Gasteiger partial charge on any atom is 0.0933 e. The molecule has 2 heterocycles. The zero-order valence-corrected chi connectivity index (χ0v) is 11.4. The highest BCUT2D eigenvalue weighted by molar-refractivity contribution is 5.85. The van der Waals surface area contributed by atoms with Crippen LogP contribution in [-0.4, -0.2) is 61.5 Å². The van der Waals surface area contributed by atoms with Gasteiger partial charge < -0.3 is 15.2 Å². The molecule has 0 bridgehead atoms. The molecule has 0 aromatic heterocycles. The number of halogens is 1. The molecule has 0 radical (unpaired) electrons.